The Morgan fingerprint density at radius 2 is 2.04 bits per heavy atom. The lowest BCUT2D eigenvalue weighted by atomic mass is 9.99. The number of furan rings is 1. The topological polar surface area (TPSA) is 62.6 Å². The molecular formula is C17H13BrN2O3S. The molecule has 1 fully saturated rings. The van der Waals surface area contributed by atoms with Crippen molar-refractivity contribution in [2.24, 2.45) is 0 Å². The number of carbonyl (C=O) groups excluding carboxylic acids is 2. The summed E-state index contributed by atoms with van der Waals surface area (Å²) in [6.45, 7) is 1.92. The Balaban J connectivity index is 1.68. The molecule has 5 nitrogen and oxygen atoms in total. The Morgan fingerprint density at radius 3 is 2.75 bits per heavy atom. The molecule has 7 heteroatoms. The van der Waals surface area contributed by atoms with Gasteiger partial charge in [-0.05, 0) is 47.1 Å². The monoisotopic (exact) mass is 404 g/mol. The summed E-state index contributed by atoms with van der Waals surface area (Å²) in [6.07, 6.45) is 0. The number of benzene rings is 1. The van der Waals surface area contributed by atoms with Crippen molar-refractivity contribution in [3.05, 3.63) is 56.9 Å². The van der Waals surface area contributed by atoms with E-state index in [9.17, 15) is 9.59 Å². The van der Waals surface area contributed by atoms with E-state index in [0.29, 0.717) is 11.3 Å². The van der Waals surface area contributed by atoms with E-state index in [4.69, 9.17) is 4.42 Å². The number of hydrogen-bond acceptors (Lipinski definition) is 4. The first-order chi connectivity index (χ1) is 11.5. The maximum atomic E-state index is 12.9. The molecule has 0 radical (unpaired) electrons. The number of nitrogens with one attached hydrogen (secondary N) is 1. The SMILES string of the molecule is CC1(c2cc3ccccc3o2)NC(=O)N(Cc2ccc(Br)s2)C1=O. The normalized spacial score (nSPS) is 20.8. The van der Waals surface area contributed by atoms with Crippen molar-refractivity contribution in [2.45, 2.75) is 19.0 Å². The molecule has 24 heavy (non-hydrogen) atoms. The number of fused-ring (bicyclic) bond motifs is 1. The summed E-state index contributed by atoms with van der Waals surface area (Å²) in [4.78, 5) is 27.4. The molecule has 3 heterocycles. The van der Waals surface area contributed by atoms with Crippen molar-refractivity contribution in [1.29, 1.82) is 0 Å². The minimum absolute atomic E-state index is 0.247. The highest BCUT2D eigenvalue weighted by atomic mass is 79.9. The number of urea groups is 1. The van der Waals surface area contributed by atoms with E-state index in [1.54, 1.807) is 13.0 Å². The number of amides is 3. The van der Waals surface area contributed by atoms with Crippen molar-refractivity contribution < 1.29 is 14.0 Å². The quantitative estimate of drug-likeness (QED) is 0.664. The van der Waals surface area contributed by atoms with Crippen LogP contribution in [0.2, 0.25) is 0 Å². The smallest absolute Gasteiger partial charge is 0.325 e. The van der Waals surface area contributed by atoms with Gasteiger partial charge in [-0.15, -0.1) is 11.3 Å². The second-order valence-corrected chi connectivity index (χ2v) is 8.35. The molecule has 1 aliphatic heterocycles. The van der Waals surface area contributed by atoms with Crippen LogP contribution in [0.15, 0.2) is 50.7 Å². The summed E-state index contributed by atoms with van der Waals surface area (Å²) in [5, 5.41) is 3.67. The first-order valence-corrected chi connectivity index (χ1v) is 8.96. The maximum Gasteiger partial charge on any atom is 0.325 e. The minimum Gasteiger partial charge on any atom is -0.458 e. The van der Waals surface area contributed by atoms with Gasteiger partial charge in [0.2, 0.25) is 0 Å². The number of halogens is 1. The zero-order valence-corrected chi connectivity index (χ0v) is 15.1. The fraction of sp³-hybridized carbons (Fsp3) is 0.176. The van der Waals surface area contributed by atoms with Gasteiger partial charge in [0.1, 0.15) is 11.3 Å². The lowest BCUT2D eigenvalue weighted by Crippen LogP contribution is -2.40. The van der Waals surface area contributed by atoms with Crippen LogP contribution in [0.4, 0.5) is 4.79 Å². The van der Waals surface area contributed by atoms with Crippen LogP contribution in [-0.2, 0) is 16.9 Å². The second-order valence-electron chi connectivity index (χ2n) is 5.80. The predicted molar refractivity (Wildman–Crippen MR) is 94.7 cm³/mol. The van der Waals surface area contributed by atoms with Gasteiger partial charge in [-0.1, -0.05) is 18.2 Å². The molecule has 1 unspecified atom stereocenters. The van der Waals surface area contributed by atoms with Crippen LogP contribution in [0.3, 0.4) is 0 Å². The molecule has 1 saturated heterocycles. The van der Waals surface area contributed by atoms with E-state index in [1.165, 1.54) is 16.2 Å². The van der Waals surface area contributed by atoms with Crippen molar-refractivity contribution in [3.8, 4) is 0 Å². The number of carbonyl (C=O) groups is 2. The first kappa shape index (κ1) is 15.4. The second kappa shape index (κ2) is 5.46. The van der Waals surface area contributed by atoms with Gasteiger partial charge in [-0.2, -0.15) is 0 Å². The predicted octanol–water partition coefficient (Wildman–Crippen LogP) is 4.22. The summed E-state index contributed by atoms with van der Waals surface area (Å²) < 4.78 is 6.77. The lowest BCUT2D eigenvalue weighted by molar-refractivity contribution is -0.131. The fourth-order valence-corrected chi connectivity index (χ4v) is 4.30. The summed E-state index contributed by atoms with van der Waals surface area (Å²) in [5.74, 6) is 0.132. The molecule has 0 spiro atoms. The third-order valence-electron chi connectivity index (χ3n) is 4.14. The Labute approximate surface area is 150 Å². The number of nitrogens with zero attached hydrogens (tertiary/aromatic N) is 1. The Morgan fingerprint density at radius 1 is 1.25 bits per heavy atom. The van der Waals surface area contributed by atoms with Crippen LogP contribution in [0.5, 0.6) is 0 Å². The van der Waals surface area contributed by atoms with E-state index in [2.05, 4.69) is 21.2 Å². The van der Waals surface area contributed by atoms with Gasteiger partial charge in [0.15, 0.2) is 5.54 Å². The maximum absolute atomic E-state index is 12.9. The number of hydrogen-bond donors (Lipinski definition) is 1. The Bertz CT molecular complexity index is 931. The molecule has 3 amide bonds. The van der Waals surface area contributed by atoms with Gasteiger partial charge in [-0.25, -0.2) is 4.79 Å². The van der Waals surface area contributed by atoms with Crippen molar-refractivity contribution in [2.75, 3.05) is 0 Å². The van der Waals surface area contributed by atoms with Crippen LogP contribution >= 0.6 is 27.3 Å². The molecule has 0 aliphatic carbocycles. The van der Waals surface area contributed by atoms with Crippen LogP contribution in [0.25, 0.3) is 11.0 Å². The van der Waals surface area contributed by atoms with Gasteiger partial charge < -0.3 is 9.73 Å². The zero-order valence-electron chi connectivity index (χ0n) is 12.7. The van der Waals surface area contributed by atoms with Crippen LogP contribution in [-0.4, -0.2) is 16.8 Å². The zero-order chi connectivity index (χ0) is 16.9. The molecule has 0 saturated carbocycles. The summed E-state index contributed by atoms with van der Waals surface area (Å²) in [7, 11) is 0. The average molecular weight is 405 g/mol. The largest absolute Gasteiger partial charge is 0.458 e. The van der Waals surface area contributed by atoms with Crippen LogP contribution in [0, 0.1) is 0 Å². The molecule has 1 N–H and O–H groups in total. The highest BCUT2D eigenvalue weighted by Gasteiger charge is 2.51. The molecule has 1 atom stereocenters. The Kier molecular flexibility index (Phi) is 3.51. The third kappa shape index (κ3) is 2.35. The van der Waals surface area contributed by atoms with E-state index >= 15 is 0 Å². The van der Waals surface area contributed by atoms with Crippen molar-refractivity contribution in [1.82, 2.24) is 10.2 Å². The molecule has 1 aromatic carbocycles. The molecule has 3 aromatic rings. The average Bonchev–Trinajstić information content (AvgIpc) is 3.22. The molecule has 2 aromatic heterocycles. The van der Waals surface area contributed by atoms with Gasteiger partial charge in [0.25, 0.3) is 5.91 Å². The minimum atomic E-state index is -1.19. The highest BCUT2D eigenvalue weighted by Crippen LogP contribution is 2.34. The molecular weight excluding hydrogens is 392 g/mol. The standard InChI is InChI=1S/C17H13BrN2O3S/c1-17(13-8-10-4-2-3-5-12(10)23-13)15(21)20(16(22)19-17)9-11-6-7-14(18)24-11/h2-8H,9H2,1H3,(H,19,22). The Hall–Kier alpha value is -2.12. The summed E-state index contributed by atoms with van der Waals surface area (Å²) in [5.41, 5.74) is -0.499. The summed E-state index contributed by atoms with van der Waals surface area (Å²) >= 11 is 4.89. The highest BCUT2D eigenvalue weighted by molar-refractivity contribution is 9.11. The number of rotatable bonds is 3. The van der Waals surface area contributed by atoms with E-state index in [0.717, 1.165) is 14.0 Å². The van der Waals surface area contributed by atoms with Gasteiger partial charge >= 0.3 is 6.03 Å². The number of imide groups is 1. The molecule has 0 bridgehead atoms. The fourth-order valence-electron chi connectivity index (χ4n) is 2.83. The van der Waals surface area contributed by atoms with E-state index < -0.39 is 11.6 Å². The molecule has 122 valence electrons. The third-order valence-corrected chi connectivity index (χ3v) is 5.74. The number of para-hydroxylation sites is 1. The van der Waals surface area contributed by atoms with Gasteiger partial charge in [0.05, 0.1) is 10.3 Å². The first-order valence-electron chi connectivity index (χ1n) is 7.35. The van der Waals surface area contributed by atoms with Crippen LogP contribution in [0.1, 0.15) is 17.6 Å². The molecule has 4 rings (SSSR count). The van der Waals surface area contributed by atoms with E-state index in [-0.39, 0.29) is 12.5 Å². The summed E-state index contributed by atoms with van der Waals surface area (Å²) in [6, 6.07) is 12.7. The van der Waals surface area contributed by atoms with E-state index in [1.807, 2.05) is 36.4 Å². The molecule has 1 aliphatic rings. The van der Waals surface area contributed by atoms with Crippen molar-refractivity contribution in [3.63, 3.8) is 0 Å². The number of thiophene rings is 1. The van der Waals surface area contributed by atoms with Crippen molar-refractivity contribution >= 4 is 50.2 Å². The van der Waals surface area contributed by atoms with Gasteiger partial charge in [0, 0.05) is 10.3 Å². The van der Waals surface area contributed by atoms with Crippen LogP contribution < -0.4 is 5.32 Å². The lowest BCUT2D eigenvalue weighted by Gasteiger charge is -2.18. The van der Waals surface area contributed by atoms with Gasteiger partial charge in [-0.3, -0.25) is 9.69 Å².